The number of nitrogens with one attached hydrogen (secondary N) is 1. The molecule has 4 nitrogen and oxygen atoms in total. The number of aromatic nitrogens is 2. The smallest absolute Gasteiger partial charge is 0.233 e. The van der Waals surface area contributed by atoms with Gasteiger partial charge in [-0.05, 0) is 44.7 Å². The minimum Gasteiger partial charge on any atom is -0.355 e. The summed E-state index contributed by atoms with van der Waals surface area (Å²) in [5.74, 6) is 0.301. The molecule has 0 unspecified atom stereocenters. The zero-order valence-corrected chi connectivity index (χ0v) is 15.8. The first-order valence-electron chi connectivity index (χ1n) is 8.19. The van der Waals surface area contributed by atoms with E-state index in [1.54, 1.807) is 0 Å². The second-order valence-electron chi connectivity index (χ2n) is 6.12. The minimum absolute atomic E-state index is 0.0160. The average molecular weight is 343 g/mol. The molecule has 0 saturated heterocycles. The average Bonchev–Trinajstić information content (AvgIpc) is 2.57. The molecular formula is C19H25N3OS. The third-order valence-electron chi connectivity index (χ3n) is 4.21. The summed E-state index contributed by atoms with van der Waals surface area (Å²) >= 11 is 1.40. The lowest BCUT2D eigenvalue weighted by atomic mass is 10.0. The molecule has 24 heavy (non-hydrogen) atoms. The van der Waals surface area contributed by atoms with Crippen LogP contribution in [0.3, 0.4) is 0 Å². The van der Waals surface area contributed by atoms with Gasteiger partial charge in [-0.2, -0.15) is 0 Å². The van der Waals surface area contributed by atoms with E-state index in [1.165, 1.54) is 17.3 Å². The quantitative estimate of drug-likeness (QED) is 0.640. The third-order valence-corrected chi connectivity index (χ3v) is 5.18. The van der Waals surface area contributed by atoms with E-state index in [2.05, 4.69) is 34.3 Å². The van der Waals surface area contributed by atoms with Crippen molar-refractivity contribution in [1.82, 2.24) is 15.3 Å². The highest BCUT2D eigenvalue weighted by Crippen LogP contribution is 2.22. The second kappa shape index (κ2) is 8.29. The maximum absolute atomic E-state index is 12.3. The molecule has 2 rings (SSSR count). The maximum Gasteiger partial charge on any atom is 0.233 e. The van der Waals surface area contributed by atoms with Gasteiger partial charge < -0.3 is 5.32 Å². The summed E-state index contributed by atoms with van der Waals surface area (Å²) in [5.41, 5.74) is 4.27. The van der Waals surface area contributed by atoms with E-state index in [0.717, 1.165) is 17.0 Å². The van der Waals surface area contributed by atoms with Crippen molar-refractivity contribution in [3.63, 3.8) is 0 Å². The molecule has 0 fully saturated rings. The molecule has 0 aliphatic carbocycles. The van der Waals surface area contributed by atoms with Gasteiger partial charge in [0.1, 0.15) is 0 Å². The van der Waals surface area contributed by atoms with Crippen LogP contribution < -0.4 is 5.32 Å². The molecule has 1 amide bonds. The predicted octanol–water partition coefficient (Wildman–Crippen LogP) is 3.80. The topological polar surface area (TPSA) is 54.9 Å². The van der Waals surface area contributed by atoms with Crippen LogP contribution in [0.2, 0.25) is 0 Å². The molecule has 0 aliphatic heterocycles. The lowest BCUT2D eigenvalue weighted by Gasteiger charge is -2.16. The highest BCUT2D eigenvalue weighted by atomic mass is 32.2. The van der Waals surface area contributed by atoms with Crippen molar-refractivity contribution in [3.05, 3.63) is 52.8 Å². The number of hydrogen-bond acceptors (Lipinski definition) is 4. The largest absolute Gasteiger partial charge is 0.355 e. The van der Waals surface area contributed by atoms with Gasteiger partial charge in [0.05, 0.1) is 5.25 Å². The molecule has 1 aromatic heterocycles. The van der Waals surface area contributed by atoms with Crippen LogP contribution in [0.5, 0.6) is 0 Å². The molecule has 128 valence electrons. The Kier molecular flexibility index (Phi) is 6.37. The summed E-state index contributed by atoms with van der Waals surface area (Å²) in [4.78, 5) is 21.3. The first-order valence-corrected chi connectivity index (χ1v) is 9.07. The van der Waals surface area contributed by atoms with Crippen LogP contribution in [0.25, 0.3) is 0 Å². The van der Waals surface area contributed by atoms with Gasteiger partial charge >= 0.3 is 0 Å². The highest BCUT2D eigenvalue weighted by Gasteiger charge is 2.17. The molecule has 0 saturated carbocycles. The summed E-state index contributed by atoms with van der Waals surface area (Å²) in [6.07, 6.45) is 0. The summed E-state index contributed by atoms with van der Waals surface area (Å²) in [6.45, 7) is 10.6. The molecule has 0 bridgehead atoms. The van der Waals surface area contributed by atoms with E-state index in [1.807, 2.05) is 45.9 Å². The van der Waals surface area contributed by atoms with Crippen LogP contribution in [-0.2, 0) is 4.79 Å². The normalized spacial score (nSPS) is 13.4. The van der Waals surface area contributed by atoms with Crippen molar-refractivity contribution in [2.24, 2.45) is 0 Å². The Labute approximate surface area is 148 Å². The van der Waals surface area contributed by atoms with Gasteiger partial charge in [0.25, 0.3) is 0 Å². The van der Waals surface area contributed by atoms with Crippen molar-refractivity contribution in [3.8, 4) is 0 Å². The fourth-order valence-electron chi connectivity index (χ4n) is 2.30. The van der Waals surface area contributed by atoms with E-state index in [9.17, 15) is 4.79 Å². The Hall–Kier alpha value is -1.88. The lowest BCUT2D eigenvalue weighted by molar-refractivity contribution is -0.120. The van der Waals surface area contributed by atoms with Crippen LogP contribution in [0, 0.1) is 20.8 Å². The number of aryl methyl sites for hydroxylation is 2. The number of carbonyl (C=O) groups is 1. The molecule has 2 atom stereocenters. The Morgan fingerprint density at radius 1 is 1.08 bits per heavy atom. The van der Waals surface area contributed by atoms with Gasteiger partial charge in [0.15, 0.2) is 5.16 Å². The van der Waals surface area contributed by atoms with Gasteiger partial charge in [-0.1, -0.05) is 49.0 Å². The molecule has 0 spiro atoms. The van der Waals surface area contributed by atoms with Gasteiger partial charge in [-0.25, -0.2) is 9.97 Å². The Morgan fingerprint density at radius 3 is 2.25 bits per heavy atom. The van der Waals surface area contributed by atoms with Crippen LogP contribution in [0.15, 0.2) is 35.5 Å². The van der Waals surface area contributed by atoms with E-state index in [0.29, 0.717) is 11.7 Å². The number of nitrogens with zero attached hydrogens (tertiary/aromatic N) is 2. The van der Waals surface area contributed by atoms with Crippen LogP contribution in [0.4, 0.5) is 0 Å². The summed E-state index contributed by atoms with van der Waals surface area (Å²) in [7, 11) is 0. The number of amides is 1. The van der Waals surface area contributed by atoms with Crippen LogP contribution in [-0.4, -0.2) is 27.7 Å². The van der Waals surface area contributed by atoms with Crippen molar-refractivity contribution < 1.29 is 4.79 Å². The number of thioether (sulfide) groups is 1. The predicted molar refractivity (Wildman–Crippen MR) is 99.4 cm³/mol. The van der Waals surface area contributed by atoms with Gasteiger partial charge in [0.2, 0.25) is 5.91 Å². The molecule has 5 heteroatoms. The molecule has 2 aromatic rings. The monoisotopic (exact) mass is 343 g/mol. The fourth-order valence-corrected chi connectivity index (χ4v) is 3.19. The Morgan fingerprint density at radius 2 is 1.67 bits per heavy atom. The maximum atomic E-state index is 12.3. The van der Waals surface area contributed by atoms with Crippen molar-refractivity contribution in [2.75, 3.05) is 6.54 Å². The SMILES string of the molecule is Cc1nc(S[C@H](C)C(=O)NC[C@H](C)c2ccccc2)nc(C)c1C. The van der Waals surface area contributed by atoms with Crippen LogP contribution in [0.1, 0.15) is 42.3 Å². The van der Waals surface area contributed by atoms with Crippen molar-refractivity contribution >= 4 is 17.7 Å². The van der Waals surface area contributed by atoms with E-state index in [4.69, 9.17) is 0 Å². The number of carbonyl (C=O) groups excluding carboxylic acids is 1. The Bertz CT molecular complexity index is 680. The molecule has 1 heterocycles. The van der Waals surface area contributed by atoms with Gasteiger partial charge in [0, 0.05) is 17.9 Å². The molecule has 1 N–H and O–H groups in total. The standard InChI is InChI=1S/C19H25N3OS/c1-12(17-9-7-6-8-10-17)11-20-18(23)16(5)24-19-21-14(3)13(2)15(4)22-19/h6-10,12,16H,11H2,1-5H3,(H,20,23)/t12-,16+/m0/s1. The second-order valence-corrected chi connectivity index (χ2v) is 7.43. The Balaban J connectivity index is 1.90. The van der Waals surface area contributed by atoms with E-state index < -0.39 is 0 Å². The number of rotatable bonds is 6. The zero-order chi connectivity index (χ0) is 17.7. The van der Waals surface area contributed by atoms with E-state index >= 15 is 0 Å². The van der Waals surface area contributed by atoms with Gasteiger partial charge in [-0.3, -0.25) is 4.79 Å². The fraction of sp³-hybridized carbons (Fsp3) is 0.421. The first kappa shape index (κ1) is 18.5. The third kappa shape index (κ3) is 4.81. The summed E-state index contributed by atoms with van der Waals surface area (Å²) < 4.78 is 0. The summed E-state index contributed by atoms with van der Waals surface area (Å²) in [6, 6.07) is 10.2. The first-order chi connectivity index (χ1) is 11.4. The number of benzene rings is 1. The molecule has 0 aliphatic rings. The van der Waals surface area contributed by atoms with E-state index in [-0.39, 0.29) is 17.1 Å². The zero-order valence-electron chi connectivity index (χ0n) is 15.0. The van der Waals surface area contributed by atoms with Crippen LogP contribution >= 0.6 is 11.8 Å². The van der Waals surface area contributed by atoms with Gasteiger partial charge in [-0.15, -0.1) is 0 Å². The summed E-state index contributed by atoms with van der Waals surface area (Å²) in [5, 5.41) is 3.46. The van der Waals surface area contributed by atoms with Crippen molar-refractivity contribution in [1.29, 1.82) is 0 Å². The highest BCUT2D eigenvalue weighted by molar-refractivity contribution is 8.00. The van der Waals surface area contributed by atoms with Crippen molar-refractivity contribution in [2.45, 2.75) is 50.9 Å². The number of hydrogen-bond donors (Lipinski definition) is 1. The lowest BCUT2D eigenvalue weighted by Crippen LogP contribution is -2.33. The molecular weight excluding hydrogens is 318 g/mol. The minimum atomic E-state index is -0.227. The molecule has 1 aromatic carbocycles. The molecule has 0 radical (unpaired) electrons.